The molecule has 0 atom stereocenters. The van der Waals surface area contributed by atoms with Crippen molar-refractivity contribution in [3.8, 4) is 0 Å². The SMILES string of the molecule is CCn1c(Br)nc2c(N)nc(NCCCc3ccccc3)nc21. The van der Waals surface area contributed by atoms with Crippen LogP contribution in [0, 0.1) is 0 Å². The summed E-state index contributed by atoms with van der Waals surface area (Å²) in [5.41, 5.74) is 8.71. The van der Waals surface area contributed by atoms with Crippen molar-refractivity contribution in [2.24, 2.45) is 0 Å². The van der Waals surface area contributed by atoms with Gasteiger partial charge in [0.15, 0.2) is 21.7 Å². The van der Waals surface area contributed by atoms with E-state index in [9.17, 15) is 0 Å². The monoisotopic (exact) mass is 374 g/mol. The Hall–Kier alpha value is -2.15. The van der Waals surface area contributed by atoms with Crippen molar-refractivity contribution >= 4 is 38.9 Å². The number of halogens is 1. The minimum absolute atomic E-state index is 0.397. The highest BCUT2D eigenvalue weighted by Gasteiger charge is 2.14. The third-order valence-corrected chi connectivity index (χ3v) is 4.26. The molecule has 0 spiro atoms. The van der Waals surface area contributed by atoms with Crippen LogP contribution in [0.2, 0.25) is 0 Å². The lowest BCUT2D eigenvalue weighted by atomic mass is 10.1. The molecule has 3 aromatic rings. The normalized spacial score (nSPS) is 11.0. The van der Waals surface area contributed by atoms with Gasteiger partial charge in [0, 0.05) is 13.1 Å². The average molecular weight is 375 g/mol. The molecule has 2 aromatic heterocycles. The van der Waals surface area contributed by atoms with Crippen LogP contribution in [0.25, 0.3) is 11.2 Å². The molecule has 0 amide bonds. The zero-order valence-electron chi connectivity index (χ0n) is 13.0. The number of hydrogen-bond acceptors (Lipinski definition) is 5. The summed E-state index contributed by atoms with van der Waals surface area (Å²) in [4.78, 5) is 13.2. The summed E-state index contributed by atoms with van der Waals surface area (Å²) in [6.07, 6.45) is 2.02. The molecule has 2 heterocycles. The van der Waals surface area contributed by atoms with E-state index in [1.807, 2.05) is 17.6 Å². The number of nitrogens with one attached hydrogen (secondary N) is 1. The molecule has 0 saturated heterocycles. The van der Waals surface area contributed by atoms with Gasteiger partial charge in [0.25, 0.3) is 0 Å². The summed E-state index contributed by atoms with van der Waals surface area (Å²) in [5.74, 6) is 0.943. The molecule has 7 heteroatoms. The van der Waals surface area contributed by atoms with Gasteiger partial charge in [0.2, 0.25) is 5.95 Å². The van der Waals surface area contributed by atoms with Gasteiger partial charge in [-0.15, -0.1) is 0 Å². The third-order valence-electron chi connectivity index (χ3n) is 3.66. The molecule has 0 radical (unpaired) electrons. The minimum Gasteiger partial charge on any atom is -0.382 e. The summed E-state index contributed by atoms with van der Waals surface area (Å²) in [7, 11) is 0. The highest BCUT2D eigenvalue weighted by Crippen LogP contribution is 2.23. The first-order valence-corrected chi connectivity index (χ1v) is 8.45. The molecule has 0 fully saturated rings. The smallest absolute Gasteiger partial charge is 0.226 e. The first-order valence-electron chi connectivity index (χ1n) is 7.66. The number of aromatic nitrogens is 4. The van der Waals surface area contributed by atoms with E-state index in [4.69, 9.17) is 5.73 Å². The van der Waals surface area contributed by atoms with E-state index in [0.717, 1.165) is 36.3 Å². The van der Waals surface area contributed by atoms with Crippen LogP contribution in [-0.4, -0.2) is 26.1 Å². The molecule has 3 N–H and O–H groups in total. The van der Waals surface area contributed by atoms with Gasteiger partial charge in [-0.2, -0.15) is 9.97 Å². The number of nitrogens with zero attached hydrogens (tertiary/aromatic N) is 4. The Morgan fingerprint density at radius 1 is 1.17 bits per heavy atom. The van der Waals surface area contributed by atoms with E-state index >= 15 is 0 Å². The predicted molar refractivity (Wildman–Crippen MR) is 96.4 cm³/mol. The topological polar surface area (TPSA) is 81.7 Å². The van der Waals surface area contributed by atoms with Gasteiger partial charge in [-0.1, -0.05) is 30.3 Å². The zero-order chi connectivity index (χ0) is 16.2. The molecule has 0 unspecified atom stereocenters. The van der Waals surface area contributed by atoms with Crippen molar-refractivity contribution in [2.75, 3.05) is 17.6 Å². The highest BCUT2D eigenvalue weighted by molar-refractivity contribution is 9.10. The molecular formula is C16H19BrN6. The number of fused-ring (bicyclic) bond motifs is 1. The van der Waals surface area contributed by atoms with E-state index < -0.39 is 0 Å². The Morgan fingerprint density at radius 2 is 1.96 bits per heavy atom. The lowest BCUT2D eigenvalue weighted by Gasteiger charge is -2.07. The standard InChI is InChI=1S/C16H19BrN6/c1-2-23-14-12(20-15(23)17)13(18)21-16(22-14)19-10-6-9-11-7-4-3-5-8-11/h3-5,7-8H,2,6,9-10H2,1H3,(H3,18,19,21,22). The van der Waals surface area contributed by atoms with Crippen LogP contribution in [0.15, 0.2) is 35.1 Å². The number of imidazole rings is 1. The number of rotatable bonds is 6. The van der Waals surface area contributed by atoms with Gasteiger partial charge in [0.1, 0.15) is 0 Å². The molecule has 0 aliphatic carbocycles. The van der Waals surface area contributed by atoms with E-state index in [0.29, 0.717) is 17.3 Å². The van der Waals surface area contributed by atoms with Crippen molar-refractivity contribution in [3.05, 3.63) is 40.6 Å². The van der Waals surface area contributed by atoms with Crippen molar-refractivity contribution in [2.45, 2.75) is 26.3 Å². The van der Waals surface area contributed by atoms with Crippen LogP contribution in [0.3, 0.4) is 0 Å². The maximum Gasteiger partial charge on any atom is 0.226 e. The summed E-state index contributed by atoms with van der Waals surface area (Å²) in [5, 5.41) is 3.25. The number of aryl methyl sites for hydroxylation is 2. The summed E-state index contributed by atoms with van der Waals surface area (Å²) >= 11 is 3.43. The van der Waals surface area contributed by atoms with Gasteiger partial charge >= 0.3 is 0 Å². The first-order chi connectivity index (χ1) is 11.2. The van der Waals surface area contributed by atoms with Gasteiger partial charge in [-0.3, -0.25) is 0 Å². The molecular weight excluding hydrogens is 356 g/mol. The zero-order valence-corrected chi connectivity index (χ0v) is 14.5. The lowest BCUT2D eigenvalue weighted by Crippen LogP contribution is -2.09. The van der Waals surface area contributed by atoms with Crippen LogP contribution in [0.1, 0.15) is 18.9 Å². The predicted octanol–water partition coefficient (Wildman–Crippen LogP) is 3.24. The summed E-state index contributed by atoms with van der Waals surface area (Å²) in [6, 6.07) is 10.4. The summed E-state index contributed by atoms with van der Waals surface area (Å²) < 4.78 is 2.68. The number of benzene rings is 1. The van der Waals surface area contributed by atoms with Crippen LogP contribution in [0.5, 0.6) is 0 Å². The van der Waals surface area contributed by atoms with Gasteiger partial charge < -0.3 is 15.6 Å². The average Bonchev–Trinajstić information content (AvgIpc) is 2.88. The van der Waals surface area contributed by atoms with Crippen LogP contribution >= 0.6 is 15.9 Å². The van der Waals surface area contributed by atoms with E-state index in [1.54, 1.807) is 0 Å². The second-order valence-corrected chi connectivity index (χ2v) is 5.95. The van der Waals surface area contributed by atoms with E-state index in [1.165, 1.54) is 5.56 Å². The van der Waals surface area contributed by atoms with E-state index in [-0.39, 0.29) is 0 Å². The van der Waals surface area contributed by atoms with Crippen LogP contribution < -0.4 is 11.1 Å². The van der Waals surface area contributed by atoms with Gasteiger partial charge in [0.05, 0.1) is 0 Å². The van der Waals surface area contributed by atoms with Gasteiger partial charge in [-0.25, -0.2) is 4.98 Å². The fourth-order valence-electron chi connectivity index (χ4n) is 2.49. The molecule has 0 aliphatic heterocycles. The van der Waals surface area contributed by atoms with Crippen LogP contribution in [-0.2, 0) is 13.0 Å². The Labute approximate surface area is 143 Å². The van der Waals surface area contributed by atoms with Gasteiger partial charge in [-0.05, 0) is 41.3 Å². The van der Waals surface area contributed by atoms with Crippen LogP contribution in [0.4, 0.5) is 11.8 Å². The summed E-state index contributed by atoms with van der Waals surface area (Å²) in [6.45, 7) is 3.60. The van der Waals surface area contributed by atoms with Crippen molar-refractivity contribution in [3.63, 3.8) is 0 Å². The Balaban J connectivity index is 1.68. The number of hydrogen-bond donors (Lipinski definition) is 2. The molecule has 120 valence electrons. The Bertz CT molecular complexity index is 799. The number of anilines is 2. The number of nitrogen functional groups attached to an aromatic ring is 1. The molecule has 6 nitrogen and oxygen atoms in total. The quantitative estimate of drug-likeness (QED) is 0.511. The minimum atomic E-state index is 0.397. The second kappa shape index (κ2) is 6.95. The fourth-order valence-corrected chi connectivity index (χ4v) is 3.09. The largest absolute Gasteiger partial charge is 0.382 e. The third kappa shape index (κ3) is 3.44. The van der Waals surface area contributed by atoms with Crippen molar-refractivity contribution in [1.82, 2.24) is 19.5 Å². The highest BCUT2D eigenvalue weighted by atomic mass is 79.9. The maximum atomic E-state index is 6.00. The lowest BCUT2D eigenvalue weighted by molar-refractivity contribution is 0.756. The maximum absolute atomic E-state index is 6.00. The Morgan fingerprint density at radius 3 is 2.70 bits per heavy atom. The van der Waals surface area contributed by atoms with Crippen molar-refractivity contribution in [1.29, 1.82) is 0 Å². The Kier molecular flexibility index (Phi) is 4.76. The fraction of sp³-hybridized carbons (Fsp3) is 0.312. The molecule has 1 aromatic carbocycles. The second-order valence-electron chi connectivity index (χ2n) is 5.25. The molecule has 23 heavy (non-hydrogen) atoms. The van der Waals surface area contributed by atoms with Crippen molar-refractivity contribution < 1.29 is 0 Å². The molecule has 0 aliphatic rings. The van der Waals surface area contributed by atoms with E-state index in [2.05, 4.69) is 60.5 Å². The molecule has 0 bridgehead atoms. The molecule has 3 rings (SSSR count). The molecule has 0 saturated carbocycles. The first kappa shape index (κ1) is 15.7. The number of nitrogens with two attached hydrogens (primary N) is 1.